The van der Waals surface area contributed by atoms with E-state index < -0.39 is 0 Å². The van der Waals surface area contributed by atoms with Crippen molar-refractivity contribution in [3.63, 3.8) is 0 Å². The number of fused-ring (bicyclic) bond motifs is 1. The van der Waals surface area contributed by atoms with Crippen LogP contribution in [0, 0.1) is 5.92 Å². The molecule has 1 heterocycles. The van der Waals surface area contributed by atoms with E-state index in [2.05, 4.69) is 4.90 Å². The van der Waals surface area contributed by atoms with Crippen LogP contribution in [0.5, 0.6) is 11.5 Å². The third-order valence-corrected chi connectivity index (χ3v) is 5.77. The number of likely N-dealkylation sites (tertiary alicyclic amines) is 1. The number of benzene rings is 2. The van der Waals surface area contributed by atoms with Crippen LogP contribution < -0.4 is 9.47 Å². The molecule has 2 aromatic carbocycles. The van der Waals surface area contributed by atoms with E-state index in [9.17, 15) is 4.79 Å². The Morgan fingerprint density at radius 2 is 1.59 bits per heavy atom. The highest BCUT2D eigenvalue weighted by molar-refractivity contribution is 5.78. The van der Waals surface area contributed by atoms with Gasteiger partial charge >= 0.3 is 0 Å². The molecule has 2 aromatic rings. The van der Waals surface area contributed by atoms with E-state index in [-0.39, 0.29) is 12.5 Å². The third-order valence-electron chi connectivity index (χ3n) is 5.77. The van der Waals surface area contributed by atoms with Crippen molar-refractivity contribution < 1.29 is 14.3 Å². The second-order valence-corrected chi connectivity index (χ2v) is 7.50. The Morgan fingerprint density at radius 3 is 2.41 bits per heavy atom. The summed E-state index contributed by atoms with van der Waals surface area (Å²) >= 11 is 0. The van der Waals surface area contributed by atoms with Crippen LogP contribution in [0.25, 0.3) is 0 Å². The van der Waals surface area contributed by atoms with Crippen LogP contribution in [0.3, 0.4) is 0 Å². The fourth-order valence-electron chi connectivity index (χ4n) is 4.36. The highest BCUT2D eigenvalue weighted by Gasteiger charge is 2.38. The molecule has 2 aliphatic rings. The SMILES string of the molecule is O=C(COc1ccccc1OCc1ccccc1)N1CCC2CCCCC21. The average Bonchev–Trinajstić information content (AvgIpc) is 3.16. The minimum absolute atomic E-state index is 0.0783. The second-order valence-electron chi connectivity index (χ2n) is 7.50. The van der Waals surface area contributed by atoms with E-state index in [0.717, 1.165) is 24.9 Å². The van der Waals surface area contributed by atoms with Gasteiger partial charge in [0.1, 0.15) is 6.61 Å². The van der Waals surface area contributed by atoms with Gasteiger partial charge in [-0.3, -0.25) is 4.79 Å². The summed E-state index contributed by atoms with van der Waals surface area (Å²) in [6.45, 7) is 1.43. The number of carbonyl (C=O) groups is 1. The molecule has 2 unspecified atom stereocenters. The normalized spacial score (nSPS) is 21.6. The molecule has 0 aromatic heterocycles. The van der Waals surface area contributed by atoms with Gasteiger partial charge in [0, 0.05) is 12.6 Å². The molecule has 142 valence electrons. The lowest BCUT2D eigenvalue weighted by Gasteiger charge is -2.31. The first-order valence-corrected chi connectivity index (χ1v) is 9.99. The number of rotatable bonds is 6. The average molecular weight is 365 g/mol. The molecule has 0 radical (unpaired) electrons. The zero-order chi connectivity index (χ0) is 18.5. The zero-order valence-corrected chi connectivity index (χ0v) is 15.7. The summed E-state index contributed by atoms with van der Waals surface area (Å²) in [6, 6.07) is 18.0. The number of amides is 1. The smallest absolute Gasteiger partial charge is 0.260 e. The van der Waals surface area contributed by atoms with Crippen molar-refractivity contribution in [1.82, 2.24) is 4.90 Å². The summed E-state index contributed by atoms with van der Waals surface area (Å²) in [4.78, 5) is 14.8. The van der Waals surface area contributed by atoms with Gasteiger partial charge in [0.25, 0.3) is 5.91 Å². The van der Waals surface area contributed by atoms with Crippen LogP contribution >= 0.6 is 0 Å². The Hall–Kier alpha value is -2.49. The summed E-state index contributed by atoms with van der Waals surface area (Å²) in [5.41, 5.74) is 1.10. The summed E-state index contributed by atoms with van der Waals surface area (Å²) in [5, 5.41) is 0. The van der Waals surface area contributed by atoms with E-state index in [1.54, 1.807) is 0 Å². The zero-order valence-electron chi connectivity index (χ0n) is 15.7. The predicted molar refractivity (Wildman–Crippen MR) is 105 cm³/mol. The molecule has 1 saturated carbocycles. The maximum absolute atomic E-state index is 12.7. The van der Waals surface area contributed by atoms with Gasteiger partial charge in [-0.2, -0.15) is 0 Å². The molecule has 27 heavy (non-hydrogen) atoms. The van der Waals surface area contributed by atoms with Crippen molar-refractivity contribution in [2.24, 2.45) is 5.92 Å². The van der Waals surface area contributed by atoms with Gasteiger partial charge in [-0.25, -0.2) is 0 Å². The molecule has 1 saturated heterocycles. The van der Waals surface area contributed by atoms with E-state index >= 15 is 0 Å². The lowest BCUT2D eigenvalue weighted by molar-refractivity contribution is -0.135. The minimum Gasteiger partial charge on any atom is -0.485 e. The quantitative estimate of drug-likeness (QED) is 0.760. The van der Waals surface area contributed by atoms with Crippen LogP contribution in [0.4, 0.5) is 0 Å². The molecule has 1 aliphatic carbocycles. The number of hydrogen-bond donors (Lipinski definition) is 0. The Bertz CT molecular complexity index is 761. The topological polar surface area (TPSA) is 38.8 Å². The van der Waals surface area contributed by atoms with E-state index in [4.69, 9.17) is 9.47 Å². The Labute approximate surface area is 161 Å². The summed E-state index contributed by atoms with van der Waals surface area (Å²) in [7, 11) is 0. The van der Waals surface area contributed by atoms with Crippen LogP contribution in [-0.2, 0) is 11.4 Å². The standard InChI is InChI=1S/C23H27NO3/c25-23(24-15-14-19-10-4-5-11-20(19)24)17-27-22-13-7-6-12-21(22)26-16-18-8-2-1-3-9-18/h1-3,6-9,12-13,19-20H,4-5,10-11,14-17H2. The lowest BCUT2D eigenvalue weighted by atomic mass is 9.85. The monoisotopic (exact) mass is 365 g/mol. The third kappa shape index (κ3) is 4.26. The molecule has 1 aliphatic heterocycles. The molecule has 4 heteroatoms. The van der Waals surface area contributed by atoms with Crippen molar-refractivity contribution in [1.29, 1.82) is 0 Å². The Kier molecular flexibility index (Phi) is 5.61. The highest BCUT2D eigenvalue weighted by atomic mass is 16.5. The van der Waals surface area contributed by atoms with Crippen molar-refractivity contribution >= 4 is 5.91 Å². The molecule has 2 atom stereocenters. The molecule has 0 spiro atoms. The number of carbonyl (C=O) groups excluding carboxylic acids is 1. The first-order valence-electron chi connectivity index (χ1n) is 9.99. The maximum atomic E-state index is 12.7. The Balaban J connectivity index is 1.35. The largest absolute Gasteiger partial charge is 0.485 e. The first kappa shape index (κ1) is 17.9. The van der Waals surface area contributed by atoms with Crippen LogP contribution in [0.15, 0.2) is 54.6 Å². The van der Waals surface area contributed by atoms with Gasteiger partial charge in [0.15, 0.2) is 18.1 Å². The number of ether oxygens (including phenoxy) is 2. The molecule has 0 N–H and O–H groups in total. The number of para-hydroxylation sites is 2. The molecule has 4 nitrogen and oxygen atoms in total. The number of hydrogen-bond acceptors (Lipinski definition) is 3. The molecular formula is C23H27NO3. The van der Waals surface area contributed by atoms with Gasteiger partial charge in [-0.05, 0) is 42.9 Å². The fraction of sp³-hybridized carbons (Fsp3) is 0.435. The molecule has 2 fully saturated rings. The summed E-state index contributed by atoms with van der Waals surface area (Å²) in [6.07, 6.45) is 6.11. The Morgan fingerprint density at radius 1 is 0.889 bits per heavy atom. The summed E-state index contributed by atoms with van der Waals surface area (Å²) < 4.78 is 11.8. The molecular weight excluding hydrogens is 338 g/mol. The van der Waals surface area contributed by atoms with Crippen molar-refractivity contribution in [3.8, 4) is 11.5 Å². The van der Waals surface area contributed by atoms with Gasteiger partial charge < -0.3 is 14.4 Å². The predicted octanol–water partition coefficient (Wildman–Crippen LogP) is 4.44. The van der Waals surface area contributed by atoms with E-state index in [1.807, 2.05) is 54.6 Å². The second kappa shape index (κ2) is 8.47. The highest BCUT2D eigenvalue weighted by Crippen LogP contribution is 2.36. The first-order chi connectivity index (χ1) is 13.3. The van der Waals surface area contributed by atoms with E-state index in [0.29, 0.717) is 30.1 Å². The van der Waals surface area contributed by atoms with E-state index in [1.165, 1.54) is 19.3 Å². The lowest BCUT2D eigenvalue weighted by Crippen LogP contribution is -2.41. The van der Waals surface area contributed by atoms with Crippen molar-refractivity contribution in [2.75, 3.05) is 13.2 Å². The van der Waals surface area contributed by atoms with Crippen LogP contribution in [0.1, 0.15) is 37.7 Å². The van der Waals surface area contributed by atoms with Crippen molar-refractivity contribution in [3.05, 3.63) is 60.2 Å². The van der Waals surface area contributed by atoms with Crippen LogP contribution in [0.2, 0.25) is 0 Å². The maximum Gasteiger partial charge on any atom is 0.260 e. The molecule has 0 bridgehead atoms. The van der Waals surface area contributed by atoms with Crippen molar-refractivity contribution in [2.45, 2.75) is 44.8 Å². The summed E-state index contributed by atoms with van der Waals surface area (Å²) in [5.74, 6) is 2.10. The van der Waals surface area contributed by atoms with Gasteiger partial charge in [-0.15, -0.1) is 0 Å². The number of nitrogens with zero attached hydrogens (tertiary/aromatic N) is 1. The van der Waals surface area contributed by atoms with Gasteiger partial charge in [-0.1, -0.05) is 55.3 Å². The van der Waals surface area contributed by atoms with Crippen LogP contribution in [-0.4, -0.2) is 30.0 Å². The molecule has 1 amide bonds. The minimum atomic E-state index is 0.0783. The molecule has 4 rings (SSSR count). The van der Waals surface area contributed by atoms with Gasteiger partial charge in [0.05, 0.1) is 0 Å². The van der Waals surface area contributed by atoms with Gasteiger partial charge in [0.2, 0.25) is 0 Å². The fourth-order valence-corrected chi connectivity index (χ4v) is 4.36.